The molecule has 28 heavy (non-hydrogen) atoms. The first-order chi connectivity index (χ1) is 13.6. The van der Waals surface area contributed by atoms with Gasteiger partial charge >= 0.3 is 0 Å². The lowest BCUT2D eigenvalue weighted by atomic mass is 10.2. The normalized spacial score (nSPS) is 10.6. The fourth-order valence-electron chi connectivity index (χ4n) is 2.69. The predicted molar refractivity (Wildman–Crippen MR) is 115 cm³/mol. The maximum absolute atomic E-state index is 12.2. The van der Waals surface area contributed by atoms with Crippen LogP contribution in [0.1, 0.15) is 46.5 Å². The maximum Gasteiger partial charge on any atom is 0.243 e. The highest BCUT2D eigenvalue weighted by atomic mass is 16.5. The number of nitrogens with one attached hydrogen (secondary N) is 2. The molecule has 152 valence electrons. The number of carbonyl (C=O) groups excluding carboxylic acids is 1. The van der Waals surface area contributed by atoms with Crippen molar-refractivity contribution >= 4 is 17.3 Å². The topological polar surface area (TPSA) is 59.6 Å². The number of unbranched alkanes of at least 4 members (excludes halogenated alkanes) is 3. The van der Waals surface area contributed by atoms with E-state index >= 15 is 0 Å². The molecule has 0 aliphatic rings. The molecular weight excluding hydrogens is 352 g/mol. The Bertz CT molecular complexity index is 714. The van der Waals surface area contributed by atoms with Crippen LogP contribution in [-0.2, 0) is 4.79 Å². The van der Waals surface area contributed by atoms with E-state index in [0.717, 1.165) is 35.9 Å². The Balaban J connectivity index is 1.73. The fourth-order valence-corrected chi connectivity index (χ4v) is 2.69. The highest BCUT2D eigenvalue weighted by Crippen LogP contribution is 2.19. The molecule has 0 atom stereocenters. The standard InChI is InChI=1S/C23H32N2O3/c1-4-5-6-7-15-27-21-13-11-19(12-14-21)24-17-23(26)25-20-9-8-10-22(16-20)28-18(2)3/h8-14,16,18,24H,4-7,15,17H2,1-3H3,(H,25,26). The van der Waals surface area contributed by atoms with Crippen molar-refractivity contribution in [2.24, 2.45) is 0 Å². The summed E-state index contributed by atoms with van der Waals surface area (Å²) in [7, 11) is 0. The first kappa shape index (κ1) is 21.6. The van der Waals surface area contributed by atoms with Crippen LogP contribution in [0.15, 0.2) is 48.5 Å². The fraction of sp³-hybridized carbons (Fsp3) is 0.435. The Kier molecular flexibility index (Phi) is 9.19. The summed E-state index contributed by atoms with van der Waals surface area (Å²) >= 11 is 0. The second-order valence-electron chi connectivity index (χ2n) is 7.03. The van der Waals surface area contributed by atoms with Gasteiger partial charge in [-0.25, -0.2) is 0 Å². The smallest absolute Gasteiger partial charge is 0.243 e. The molecule has 2 N–H and O–H groups in total. The first-order valence-electron chi connectivity index (χ1n) is 10.1. The molecule has 2 aromatic rings. The number of carbonyl (C=O) groups is 1. The summed E-state index contributed by atoms with van der Waals surface area (Å²) in [5.74, 6) is 1.48. The van der Waals surface area contributed by atoms with Crippen molar-refractivity contribution in [3.05, 3.63) is 48.5 Å². The average Bonchev–Trinajstić information content (AvgIpc) is 2.67. The molecule has 0 aliphatic heterocycles. The van der Waals surface area contributed by atoms with E-state index in [1.54, 1.807) is 0 Å². The Morgan fingerprint density at radius 2 is 1.75 bits per heavy atom. The third kappa shape index (κ3) is 8.33. The van der Waals surface area contributed by atoms with Gasteiger partial charge in [0.15, 0.2) is 0 Å². The molecule has 1 amide bonds. The predicted octanol–water partition coefficient (Wildman–Crippen LogP) is 5.48. The molecule has 0 aromatic heterocycles. The summed E-state index contributed by atoms with van der Waals surface area (Å²) in [6, 6.07) is 15.1. The van der Waals surface area contributed by atoms with Crippen LogP contribution in [-0.4, -0.2) is 25.2 Å². The van der Waals surface area contributed by atoms with Gasteiger partial charge in [0.2, 0.25) is 5.91 Å². The molecule has 0 spiro atoms. The molecule has 5 heteroatoms. The van der Waals surface area contributed by atoms with E-state index in [1.165, 1.54) is 19.3 Å². The molecular formula is C23H32N2O3. The quantitative estimate of drug-likeness (QED) is 0.476. The number of anilines is 2. The lowest BCUT2D eigenvalue weighted by molar-refractivity contribution is -0.114. The van der Waals surface area contributed by atoms with Gasteiger partial charge in [-0.3, -0.25) is 4.79 Å². The second kappa shape index (κ2) is 11.9. The molecule has 5 nitrogen and oxygen atoms in total. The highest BCUT2D eigenvalue weighted by Gasteiger charge is 2.05. The van der Waals surface area contributed by atoms with Gasteiger partial charge in [-0.2, -0.15) is 0 Å². The molecule has 0 bridgehead atoms. The summed E-state index contributed by atoms with van der Waals surface area (Å²) < 4.78 is 11.4. The maximum atomic E-state index is 12.2. The Hall–Kier alpha value is -2.69. The van der Waals surface area contributed by atoms with Gasteiger partial charge in [-0.05, 0) is 56.7 Å². The number of rotatable bonds is 12. The molecule has 0 saturated carbocycles. The van der Waals surface area contributed by atoms with E-state index < -0.39 is 0 Å². The number of amides is 1. The van der Waals surface area contributed by atoms with Gasteiger partial charge in [0, 0.05) is 17.4 Å². The minimum absolute atomic E-state index is 0.0934. The van der Waals surface area contributed by atoms with Gasteiger partial charge in [0.1, 0.15) is 11.5 Å². The molecule has 2 aromatic carbocycles. The van der Waals surface area contributed by atoms with Gasteiger partial charge in [0.25, 0.3) is 0 Å². The highest BCUT2D eigenvalue weighted by molar-refractivity contribution is 5.93. The minimum Gasteiger partial charge on any atom is -0.494 e. The monoisotopic (exact) mass is 384 g/mol. The summed E-state index contributed by atoms with van der Waals surface area (Å²) in [6.45, 7) is 7.07. The van der Waals surface area contributed by atoms with Gasteiger partial charge in [-0.15, -0.1) is 0 Å². The van der Waals surface area contributed by atoms with Crippen molar-refractivity contribution in [1.82, 2.24) is 0 Å². The van der Waals surface area contributed by atoms with Crippen LogP contribution in [0.5, 0.6) is 11.5 Å². The van der Waals surface area contributed by atoms with Crippen LogP contribution in [0.25, 0.3) is 0 Å². The molecule has 0 aliphatic carbocycles. The number of hydrogen-bond acceptors (Lipinski definition) is 4. The number of ether oxygens (including phenoxy) is 2. The van der Waals surface area contributed by atoms with Crippen LogP contribution < -0.4 is 20.1 Å². The SMILES string of the molecule is CCCCCCOc1ccc(NCC(=O)Nc2cccc(OC(C)C)c2)cc1. The Morgan fingerprint density at radius 1 is 0.964 bits per heavy atom. The van der Waals surface area contributed by atoms with Gasteiger partial charge in [-0.1, -0.05) is 32.3 Å². The Morgan fingerprint density at radius 3 is 2.46 bits per heavy atom. The van der Waals surface area contributed by atoms with Gasteiger partial charge < -0.3 is 20.1 Å². The number of hydrogen-bond donors (Lipinski definition) is 2. The van der Waals surface area contributed by atoms with E-state index in [0.29, 0.717) is 0 Å². The van der Waals surface area contributed by atoms with Crippen molar-refractivity contribution in [3.8, 4) is 11.5 Å². The molecule has 0 fully saturated rings. The van der Waals surface area contributed by atoms with Crippen LogP contribution >= 0.6 is 0 Å². The third-order valence-corrected chi connectivity index (χ3v) is 4.06. The molecule has 0 heterocycles. The van der Waals surface area contributed by atoms with Gasteiger partial charge in [0.05, 0.1) is 19.3 Å². The third-order valence-electron chi connectivity index (χ3n) is 4.06. The van der Waals surface area contributed by atoms with Crippen LogP contribution in [0.2, 0.25) is 0 Å². The van der Waals surface area contributed by atoms with E-state index in [9.17, 15) is 4.79 Å². The van der Waals surface area contributed by atoms with E-state index in [1.807, 2.05) is 62.4 Å². The molecule has 0 unspecified atom stereocenters. The zero-order chi connectivity index (χ0) is 20.2. The van der Waals surface area contributed by atoms with Crippen molar-refractivity contribution < 1.29 is 14.3 Å². The lowest BCUT2D eigenvalue weighted by Gasteiger charge is -2.12. The van der Waals surface area contributed by atoms with E-state index in [4.69, 9.17) is 9.47 Å². The van der Waals surface area contributed by atoms with Crippen molar-refractivity contribution in [2.75, 3.05) is 23.8 Å². The number of benzene rings is 2. The van der Waals surface area contributed by atoms with Crippen molar-refractivity contribution in [2.45, 2.75) is 52.6 Å². The van der Waals surface area contributed by atoms with Crippen LogP contribution in [0.4, 0.5) is 11.4 Å². The zero-order valence-corrected chi connectivity index (χ0v) is 17.2. The zero-order valence-electron chi connectivity index (χ0n) is 17.2. The van der Waals surface area contributed by atoms with Crippen LogP contribution in [0.3, 0.4) is 0 Å². The summed E-state index contributed by atoms with van der Waals surface area (Å²) in [5.41, 5.74) is 1.60. The molecule has 0 saturated heterocycles. The summed E-state index contributed by atoms with van der Waals surface area (Å²) in [4.78, 5) is 12.2. The van der Waals surface area contributed by atoms with E-state index in [2.05, 4.69) is 17.6 Å². The minimum atomic E-state index is -0.113. The summed E-state index contributed by atoms with van der Waals surface area (Å²) in [5, 5.41) is 6.00. The summed E-state index contributed by atoms with van der Waals surface area (Å²) in [6.07, 6.45) is 4.86. The largest absolute Gasteiger partial charge is 0.494 e. The second-order valence-corrected chi connectivity index (χ2v) is 7.03. The first-order valence-corrected chi connectivity index (χ1v) is 10.1. The molecule has 2 rings (SSSR count). The molecule has 0 radical (unpaired) electrons. The van der Waals surface area contributed by atoms with Crippen molar-refractivity contribution in [3.63, 3.8) is 0 Å². The van der Waals surface area contributed by atoms with Crippen LogP contribution in [0, 0.1) is 0 Å². The van der Waals surface area contributed by atoms with Crippen molar-refractivity contribution in [1.29, 1.82) is 0 Å². The lowest BCUT2D eigenvalue weighted by Crippen LogP contribution is -2.21. The Labute approximate surface area is 168 Å². The van der Waals surface area contributed by atoms with E-state index in [-0.39, 0.29) is 18.6 Å². The average molecular weight is 385 g/mol.